The van der Waals surface area contributed by atoms with E-state index < -0.39 is 41.6 Å². The molecule has 192 valence electrons. The fraction of sp³-hybridized carbons (Fsp3) is 0.741. The number of fused-ring (bicyclic) bond motifs is 2. The fourth-order valence-electron chi connectivity index (χ4n) is 6.96. The summed E-state index contributed by atoms with van der Waals surface area (Å²) in [6.07, 6.45) is 13.5. The molecule has 5 aliphatic rings. The number of carbonyl (C=O) groups is 3. The van der Waals surface area contributed by atoms with Crippen molar-refractivity contribution in [2.45, 2.75) is 88.6 Å². The molecular weight excluding hydrogens is 448 g/mol. The van der Waals surface area contributed by atoms with Crippen molar-refractivity contribution in [3.8, 4) is 0 Å². The molecule has 8 nitrogen and oxygen atoms in total. The number of hydrogen-bond donors (Lipinski definition) is 1. The molecule has 35 heavy (non-hydrogen) atoms. The first-order chi connectivity index (χ1) is 16.9. The highest BCUT2D eigenvalue weighted by atomic mass is 16.6. The maximum Gasteiger partial charge on any atom is 0.312 e. The molecule has 0 aromatic carbocycles. The Balaban J connectivity index is 1.62. The summed E-state index contributed by atoms with van der Waals surface area (Å²) in [7, 11) is 0. The number of ether oxygens (including phenoxy) is 2. The molecule has 1 unspecified atom stereocenters. The van der Waals surface area contributed by atoms with E-state index in [4.69, 9.17) is 9.47 Å². The molecule has 4 heterocycles. The van der Waals surface area contributed by atoms with Crippen LogP contribution in [0.15, 0.2) is 24.3 Å². The minimum atomic E-state index is -1.26. The Kier molecular flexibility index (Phi) is 6.79. The number of amides is 2. The molecule has 5 rings (SSSR count). The van der Waals surface area contributed by atoms with Gasteiger partial charge in [-0.15, -0.1) is 0 Å². The Bertz CT molecular complexity index is 911. The van der Waals surface area contributed by atoms with Crippen molar-refractivity contribution in [2.75, 3.05) is 19.8 Å². The molecule has 1 N–H and O–H groups in total. The predicted octanol–water partition coefficient (Wildman–Crippen LogP) is 2.21. The third-order valence-electron chi connectivity index (χ3n) is 8.95. The normalized spacial score (nSPS) is 37.2. The molecule has 7 atom stereocenters. The van der Waals surface area contributed by atoms with Gasteiger partial charge in [-0.3, -0.25) is 14.4 Å². The number of cyclic esters (lactones) is 1. The number of hydrogen-bond acceptors (Lipinski definition) is 6. The molecule has 1 spiro atoms. The molecule has 2 saturated heterocycles. The zero-order valence-electron chi connectivity index (χ0n) is 20.8. The van der Waals surface area contributed by atoms with Crippen molar-refractivity contribution >= 4 is 17.8 Å². The van der Waals surface area contributed by atoms with Crippen molar-refractivity contribution in [3.63, 3.8) is 0 Å². The van der Waals surface area contributed by atoms with Crippen molar-refractivity contribution in [3.05, 3.63) is 24.3 Å². The van der Waals surface area contributed by atoms with E-state index in [9.17, 15) is 19.5 Å². The predicted molar refractivity (Wildman–Crippen MR) is 128 cm³/mol. The average Bonchev–Trinajstić information content (AvgIpc) is 3.24. The van der Waals surface area contributed by atoms with Crippen LogP contribution in [0.3, 0.4) is 0 Å². The van der Waals surface area contributed by atoms with Gasteiger partial charge in [0.05, 0.1) is 31.3 Å². The van der Waals surface area contributed by atoms with Crippen molar-refractivity contribution in [2.24, 2.45) is 17.8 Å². The van der Waals surface area contributed by atoms with E-state index in [1.54, 1.807) is 4.90 Å². The summed E-state index contributed by atoms with van der Waals surface area (Å²) in [5.41, 5.74) is -1.26. The topological polar surface area (TPSA) is 96.4 Å². The molecule has 8 heteroatoms. The van der Waals surface area contributed by atoms with Crippen LogP contribution in [-0.4, -0.2) is 82.3 Å². The highest BCUT2D eigenvalue weighted by Crippen LogP contribution is 2.54. The summed E-state index contributed by atoms with van der Waals surface area (Å²) in [6.45, 7) is 4.47. The van der Waals surface area contributed by atoms with Gasteiger partial charge in [0.1, 0.15) is 17.6 Å². The second-order valence-corrected chi connectivity index (χ2v) is 10.8. The lowest BCUT2D eigenvalue weighted by Gasteiger charge is -2.42. The van der Waals surface area contributed by atoms with Crippen LogP contribution in [0.2, 0.25) is 0 Å². The minimum Gasteiger partial charge on any atom is -0.465 e. The van der Waals surface area contributed by atoms with Gasteiger partial charge in [0.2, 0.25) is 11.8 Å². The first-order valence-electron chi connectivity index (χ1n) is 13.4. The van der Waals surface area contributed by atoms with Crippen LogP contribution >= 0.6 is 0 Å². The molecule has 0 bridgehead atoms. The van der Waals surface area contributed by atoms with Gasteiger partial charge in [-0.25, -0.2) is 0 Å². The van der Waals surface area contributed by atoms with Crippen LogP contribution < -0.4 is 0 Å². The number of esters is 1. The van der Waals surface area contributed by atoms with Gasteiger partial charge in [0.25, 0.3) is 0 Å². The van der Waals surface area contributed by atoms with Crippen LogP contribution in [0.1, 0.15) is 58.8 Å². The molecule has 4 aliphatic heterocycles. The van der Waals surface area contributed by atoms with E-state index in [1.807, 2.05) is 43.1 Å². The lowest BCUT2D eigenvalue weighted by molar-refractivity contribution is -0.157. The van der Waals surface area contributed by atoms with E-state index in [-0.39, 0.29) is 37.0 Å². The Morgan fingerprint density at radius 1 is 1.14 bits per heavy atom. The fourth-order valence-corrected chi connectivity index (χ4v) is 6.96. The number of aliphatic hydroxyl groups excluding tert-OH is 1. The van der Waals surface area contributed by atoms with Crippen LogP contribution in [0.4, 0.5) is 0 Å². The molecule has 0 radical (unpaired) electrons. The van der Waals surface area contributed by atoms with Crippen LogP contribution in [0.5, 0.6) is 0 Å². The van der Waals surface area contributed by atoms with Crippen molar-refractivity contribution in [1.29, 1.82) is 0 Å². The summed E-state index contributed by atoms with van der Waals surface area (Å²) in [6, 6.07) is -1.32. The maximum absolute atomic E-state index is 14.4. The molecule has 1 saturated carbocycles. The highest BCUT2D eigenvalue weighted by Gasteiger charge is 2.72. The molecule has 0 aromatic rings. The van der Waals surface area contributed by atoms with E-state index in [0.717, 1.165) is 32.1 Å². The molecule has 1 aliphatic carbocycles. The smallest absolute Gasteiger partial charge is 0.312 e. The van der Waals surface area contributed by atoms with Gasteiger partial charge in [0, 0.05) is 12.6 Å². The Morgan fingerprint density at radius 3 is 2.63 bits per heavy atom. The maximum atomic E-state index is 14.4. The molecule has 3 fully saturated rings. The van der Waals surface area contributed by atoms with Crippen LogP contribution in [-0.2, 0) is 23.9 Å². The summed E-state index contributed by atoms with van der Waals surface area (Å²) in [5.74, 6) is -2.59. The van der Waals surface area contributed by atoms with E-state index in [0.29, 0.717) is 13.0 Å². The quantitative estimate of drug-likeness (QED) is 0.473. The zero-order chi connectivity index (χ0) is 24.7. The minimum absolute atomic E-state index is 0.0250. The lowest BCUT2D eigenvalue weighted by atomic mass is 9.77. The van der Waals surface area contributed by atoms with Gasteiger partial charge in [-0.2, -0.15) is 0 Å². The van der Waals surface area contributed by atoms with E-state index >= 15 is 0 Å². The number of rotatable bonds is 5. The summed E-state index contributed by atoms with van der Waals surface area (Å²) < 4.78 is 12.1. The number of likely N-dealkylation sites (tertiary alicyclic amines) is 1. The molecule has 0 aromatic heterocycles. The van der Waals surface area contributed by atoms with Gasteiger partial charge in [-0.1, -0.05) is 63.8 Å². The first kappa shape index (κ1) is 24.5. The summed E-state index contributed by atoms with van der Waals surface area (Å²) >= 11 is 0. The summed E-state index contributed by atoms with van der Waals surface area (Å²) in [5, 5.41) is 10.4. The Labute approximate surface area is 207 Å². The second kappa shape index (κ2) is 9.69. The van der Waals surface area contributed by atoms with E-state index in [1.165, 1.54) is 6.42 Å². The van der Waals surface area contributed by atoms with Gasteiger partial charge in [-0.05, 0) is 25.2 Å². The number of aliphatic hydroxyl groups is 1. The van der Waals surface area contributed by atoms with Gasteiger partial charge < -0.3 is 24.4 Å². The largest absolute Gasteiger partial charge is 0.465 e. The van der Waals surface area contributed by atoms with Gasteiger partial charge >= 0.3 is 5.97 Å². The Hall–Kier alpha value is -2.19. The Morgan fingerprint density at radius 2 is 1.91 bits per heavy atom. The van der Waals surface area contributed by atoms with Crippen molar-refractivity contribution in [1.82, 2.24) is 9.80 Å². The molecule has 2 amide bonds. The standard InChI is InChI=1S/C27H38N2O6/c1-3-17(2)19(16-30)29-23-25(32)28(18-10-5-4-6-11-18)14-9-13-27(23)22(24(29)31)21-20(35-27)12-7-8-15-34-26(21)33/h7,9,12-13,17-23,30H,3-6,8,10-11,14-16H2,1-2H3/t17-,19-,20+,21-,22-,23?,27-/m0/s1. The van der Waals surface area contributed by atoms with Crippen LogP contribution in [0.25, 0.3) is 0 Å². The number of nitrogens with zero attached hydrogens (tertiary/aromatic N) is 2. The monoisotopic (exact) mass is 486 g/mol. The van der Waals surface area contributed by atoms with E-state index in [2.05, 4.69) is 0 Å². The molecular formula is C27H38N2O6. The second-order valence-electron chi connectivity index (χ2n) is 10.8. The third kappa shape index (κ3) is 3.84. The first-order valence-corrected chi connectivity index (χ1v) is 13.4. The number of carbonyl (C=O) groups excluding carboxylic acids is 3. The van der Waals surface area contributed by atoms with Crippen LogP contribution in [0, 0.1) is 17.8 Å². The SMILES string of the molecule is CC[C@H](C)[C@H](CO)N1C(=O)[C@@H]2[C@H]3C(=O)OCCC=C[C@H]3O[C@@]23C=CCN(C2CCCCC2)C(=O)C13. The summed E-state index contributed by atoms with van der Waals surface area (Å²) in [4.78, 5) is 45.2. The zero-order valence-corrected chi connectivity index (χ0v) is 20.8. The van der Waals surface area contributed by atoms with Crippen molar-refractivity contribution < 1.29 is 29.0 Å². The lowest BCUT2D eigenvalue weighted by Crippen LogP contribution is -2.60. The highest BCUT2D eigenvalue weighted by molar-refractivity contribution is 5.99. The van der Waals surface area contributed by atoms with Gasteiger partial charge in [0.15, 0.2) is 0 Å². The average molecular weight is 487 g/mol. The third-order valence-corrected chi connectivity index (χ3v) is 8.95.